The minimum Gasteiger partial charge on any atom is -0.381 e. The van der Waals surface area contributed by atoms with Crippen molar-refractivity contribution >= 4 is 32.5 Å². The van der Waals surface area contributed by atoms with Gasteiger partial charge in [-0.1, -0.05) is 12.1 Å². The SMILES string of the molecule is COC(C)(C)CC(C)Nc1cccc2cc(Br)cnc12. The molecule has 0 aliphatic rings. The number of rotatable bonds is 5. The van der Waals surface area contributed by atoms with Crippen molar-refractivity contribution in [2.75, 3.05) is 12.4 Å². The number of halogens is 1. The van der Waals surface area contributed by atoms with Crippen LogP contribution in [0.5, 0.6) is 0 Å². The van der Waals surface area contributed by atoms with E-state index in [4.69, 9.17) is 4.74 Å². The van der Waals surface area contributed by atoms with E-state index in [1.54, 1.807) is 7.11 Å². The molecule has 0 spiro atoms. The molecule has 0 aliphatic heterocycles. The van der Waals surface area contributed by atoms with Gasteiger partial charge in [0.2, 0.25) is 0 Å². The second-order valence-electron chi connectivity index (χ2n) is 5.74. The molecule has 0 fully saturated rings. The van der Waals surface area contributed by atoms with Crippen molar-refractivity contribution in [3.05, 3.63) is 34.9 Å². The Labute approximate surface area is 128 Å². The molecular formula is C16H21BrN2O. The zero-order chi connectivity index (χ0) is 14.8. The summed E-state index contributed by atoms with van der Waals surface area (Å²) in [5.74, 6) is 0. The van der Waals surface area contributed by atoms with Crippen molar-refractivity contribution in [2.45, 2.75) is 38.8 Å². The van der Waals surface area contributed by atoms with Crippen LogP contribution in [0.1, 0.15) is 27.2 Å². The summed E-state index contributed by atoms with van der Waals surface area (Å²) in [7, 11) is 1.75. The molecule has 0 saturated heterocycles. The highest BCUT2D eigenvalue weighted by Gasteiger charge is 2.20. The Hall–Kier alpha value is -1.13. The highest BCUT2D eigenvalue weighted by Crippen LogP contribution is 2.26. The van der Waals surface area contributed by atoms with Crippen molar-refractivity contribution in [1.82, 2.24) is 4.98 Å². The summed E-state index contributed by atoms with van der Waals surface area (Å²) in [6.07, 6.45) is 2.76. The third-order valence-electron chi connectivity index (χ3n) is 3.43. The molecule has 0 radical (unpaired) electrons. The fraction of sp³-hybridized carbons (Fsp3) is 0.438. The lowest BCUT2D eigenvalue weighted by Crippen LogP contribution is -2.31. The summed E-state index contributed by atoms with van der Waals surface area (Å²) in [6, 6.07) is 8.58. The third kappa shape index (κ3) is 3.70. The van der Waals surface area contributed by atoms with Gasteiger partial charge in [-0.15, -0.1) is 0 Å². The number of hydrogen-bond donors (Lipinski definition) is 1. The van der Waals surface area contributed by atoms with Gasteiger partial charge in [-0.2, -0.15) is 0 Å². The molecule has 1 aromatic carbocycles. The molecule has 1 heterocycles. The summed E-state index contributed by atoms with van der Waals surface area (Å²) >= 11 is 3.46. The molecular weight excluding hydrogens is 316 g/mol. The molecule has 20 heavy (non-hydrogen) atoms. The van der Waals surface area contributed by atoms with Crippen LogP contribution in [-0.4, -0.2) is 23.7 Å². The summed E-state index contributed by atoms with van der Waals surface area (Å²) in [6.45, 7) is 6.37. The number of anilines is 1. The van der Waals surface area contributed by atoms with E-state index in [0.717, 1.165) is 27.5 Å². The topological polar surface area (TPSA) is 34.1 Å². The van der Waals surface area contributed by atoms with Gasteiger partial charge in [0.25, 0.3) is 0 Å². The van der Waals surface area contributed by atoms with E-state index in [1.807, 2.05) is 12.3 Å². The monoisotopic (exact) mass is 336 g/mol. The average Bonchev–Trinajstić information content (AvgIpc) is 2.38. The molecule has 0 saturated carbocycles. The number of hydrogen-bond acceptors (Lipinski definition) is 3. The lowest BCUT2D eigenvalue weighted by Gasteiger charge is -2.27. The van der Waals surface area contributed by atoms with Gasteiger partial charge in [-0.05, 0) is 55.3 Å². The van der Waals surface area contributed by atoms with Crippen molar-refractivity contribution in [2.24, 2.45) is 0 Å². The number of nitrogens with one attached hydrogen (secondary N) is 1. The van der Waals surface area contributed by atoms with Crippen molar-refractivity contribution in [3.8, 4) is 0 Å². The first-order valence-corrected chi connectivity index (χ1v) is 7.56. The first kappa shape index (κ1) is 15.3. The number of methoxy groups -OCH3 is 1. The fourth-order valence-corrected chi connectivity index (χ4v) is 2.74. The van der Waals surface area contributed by atoms with Gasteiger partial charge in [-0.25, -0.2) is 0 Å². The Morgan fingerprint density at radius 3 is 2.85 bits per heavy atom. The number of benzene rings is 1. The van der Waals surface area contributed by atoms with Crippen LogP contribution in [0.15, 0.2) is 34.9 Å². The van der Waals surface area contributed by atoms with Gasteiger partial charge in [-0.3, -0.25) is 4.98 Å². The quantitative estimate of drug-likeness (QED) is 0.865. The Morgan fingerprint density at radius 2 is 2.15 bits per heavy atom. The van der Waals surface area contributed by atoms with E-state index in [0.29, 0.717) is 6.04 Å². The van der Waals surface area contributed by atoms with E-state index in [-0.39, 0.29) is 5.60 Å². The Balaban J connectivity index is 2.21. The fourth-order valence-electron chi connectivity index (χ4n) is 2.39. The molecule has 1 aromatic heterocycles. The maximum Gasteiger partial charge on any atom is 0.0934 e. The predicted octanol–water partition coefficient (Wildman–Crippen LogP) is 4.61. The number of para-hydroxylation sites is 1. The van der Waals surface area contributed by atoms with Gasteiger partial charge in [0.1, 0.15) is 0 Å². The summed E-state index contributed by atoms with van der Waals surface area (Å²) in [5.41, 5.74) is 1.93. The molecule has 0 bridgehead atoms. The minimum absolute atomic E-state index is 0.131. The normalized spacial score (nSPS) is 13.4. The molecule has 1 N–H and O–H groups in total. The van der Waals surface area contributed by atoms with Crippen molar-refractivity contribution in [3.63, 3.8) is 0 Å². The van der Waals surface area contributed by atoms with Crippen molar-refractivity contribution in [1.29, 1.82) is 0 Å². The lowest BCUT2D eigenvalue weighted by molar-refractivity contribution is 0.0128. The maximum absolute atomic E-state index is 5.49. The van der Waals surface area contributed by atoms with E-state index in [9.17, 15) is 0 Å². The largest absolute Gasteiger partial charge is 0.381 e. The third-order valence-corrected chi connectivity index (χ3v) is 3.86. The van der Waals surface area contributed by atoms with Gasteiger partial charge in [0.15, 0.2) is 0 Å². The second kappa shape index (κ2) is 6.10. The number of fused-ring (bicyclic) bond motifs is 1. The Bertz CT molecular complexity index is 598. The van der Waals surface area contributed by atoms with E-state index in [1.165, 1.54) is 0 Å². The molecule has 4 heteroatoms. The van der Waals surface area contributed by atoms with Gasteiger partial charge >= 0.3 is 0 Å². The predicted molar refractivity (Wildman–Crippen MR) is 88.2 cm³/mol. The van der Waals surface area contributed by atoms with Gasteiger partial charge < -0.3 is 10.1 Å². The zero-order valence-corrected chi connectivity index (χ0v) is 14.0. The van der Waals surface area contributed by atoms with Crippen LogP contribution in [0, 0.1) is 0 Å². The standard InChI is InChI=1S/C16H21BrN2O/c1-11(9-16(2,3)20-4)19-14-7-5-6-12-8-13(17)10-18-15(12)14/h5-8,10-11,19H,9H2,1-4H3. The van der Waals surface area contributed by atoms with Crippen LogP contribution < -0.4 is 5.32 Å². The minimum atomic E-state index is -0.131. The number of ether oxygens (including phenoxy) is 1. The molecule has 0 aliphatic carbocycles. The zero-order valence-electron chi connectivity index (χ0n) is 12.4. The molecule has 1 unspecified atom stereocenters. The lowest BCUT2D eigenvalue weighted by atomic mass is 9.99. The van der Waals surface area contributed by atoms with E-state index >= 15 is 0 Å². The number of aromatic nitrogens is 1. The second-order valence-corrected chi connectivity index (χ2v) is 6.66. The maximum atomic E-state index is 5.49. The summed E-state index contributed by atoms with van der Waals surface area (Å²) in [5, 5.41) is 4.66. The Kier molecular flexibility index (Phi) is 4.66. The molecule has 108 valence electrons. The average molecular weight is 337 g/mol. The molecule has 3 nitrogen and oxygen atoms in total. The van der Waals surface area contributed by atoms with Crippen LogP contribution in [0.25, 0.3) is 10.9 Å². The van der Waals surface area contributed by atoms with Crippen LogP contribution in [-0.2, 0) is 4.74 Å². The highest BCUT2D eigenvalue weighted by molar-refractivity contribution is 9.10. The number of nitrogens with zero attached hydrogens (tertiary/aromatic N) is 1. The Morgan fingerprint density at radius 1 is 1.40 bits per heavy atom. The molecule has 1 atom stereocenters. The highest BCUT2D eigenvalue weighted by atomic mass is 79.9. The smallest absolute Gasteiger partial charge is 0.0934 e. The van der Waals surface area contributed by atoms with Crippen molar-refractivity contribution < 1.29 is 4.74 Å². The summed E-state index contributed by atoms with van der Waals surface area (Å²) in [4.78, 5) is 4.51. The van der Waals surface area contributed by atoms with E-state index in [2.05, 4.69) is 65.2 Å². The van der Waals surface area contributed by atoms with E-state index < -0.39 is 0 Å². The first-order chi connectivity index (χ1) is 9.41. The van der Waals surface area contributed by atoms with Crippen LogP contribution in [0.4, 0.5) is 5.69 Å². The van der Waals surface area contributed by atoms with Gasteiger partial charge in [0, 0.05) is 29.2 Å². The molecule has 0 amide bonds. The summed E-state index contributed by atoms with van der Waals surface area (Å²) < 4.78 is 6.48. The van der Waals surface area contributed by atoms with Gasteiger partial charge in [0.05, 0.1) is 16.8 Å². The molecule has 2 aromatic rings. The molecule has 2 rings (SSSR count). The van der Waals surface area contributed by atoms with Crippen LogP contribution in [0.3, 0.4) is 0 Å². The number of pyridine rings is 1. The van der Waals surface area contributed by atoms with Crippen LogP contribution >= 0.6 is 15.9 Å². The first-order valence-electron chi connectivity index (χ1n) is 6.77. The van der Waals surface area contributed by atoms with Crippen LogP contribution in [0.2, 0.25) is 0 Å².